The second kappa shape index (κ2) is 6.18. The van der Waals surface area contributed by atoms with Crippen LogP contribution < -0.4 is 5.32 Å². The third-order valence-electron chi connectivity index (χ3n) is 3.11. The molecule has 0 aliphatic rings. The average Bonchev–Trinajstić information content (AvgIpc) is 2.40. The summed E-state index contributed by atoms with van der Waals surface area (Å²) in [5, 5.41) is 2.74. The molecule has 0 saturated heterocycles. The van der Waals surface area contributed by atoms with Gasteiger partial charge in [0.2, 0.25) is 0 Å². The molecule has 20 heavy (non-hydrogen) atoms. The fourth-order valence-electron chi connectivity index (χ4n) is 1.99. The van der Waals surface area contributed by atoms with E-state index in [4.69, 9.17) is 0 Å². The Kier molecular flexibility index (Phi) is 4.55. The molecular weight excluding hydrogens is 321 g/mol. The van der Waals surface area contributed by atoms with Crippen LogP contribution in [0.4, 0.5) is 4.39 Å². The highest BCUT2D eigenvalue weighted by Gasteiger charge is 2.12. The molecule has 0 atom stereocenters. The van der Waals surface area contributed by atoms with Crippen LogP contribution in [0.15, 0.2) is 40.9 Å². The first kappa shape index (κ1) is 14.7. The highest BCUT2D eigenvalue weighted by atomic mass is 79.9. The maximum absolute atomic E-state index is 13.6. The summed E-state index contributed by atoms with van der Waals surface area (Å²) in [6.07, 6.45) is 0. The molecule has 1 N–H and O–H groups in total. The lowest BCUT2D eigenvalue weighted by atomic mass is 10.1. The van der Waals surface area contributed by atoms with E-state index >= 15 is 0 Å². The predicted molar refractivity (Wildman–Crippen MR) is 81.2 cm³/mol. The third-order valence-corrected chi connectivity index (χ3v) is 3.60. The number of benzene rings is 2. The second-order valence-electron chi connectivity index (χ2n) is 4.74. The van der Waals surface area contributed by atoms with Crippen molar-refractivity contribution in [1.29, 1.82) is 0 Å². The Morgan fingerprint density at radius 2 is 1.95 bits per heavy atom. The Balaban J connectivity index is 2.10. The molecular formula is C16H15BrFNO. The summed E-state index contributed by atoms with van der Waals surface area (Å²) in [5.74, 6) is -0.935. The lowest BCUT2D eigenvalue weighted by Crippen LogP contribution is -2.24. The van der Waals surface area contributed by atoms with Gasteiger partial charge >= 0.3 is 0 Å². The van der Waals surface area contributed by atoms with Gasteiger partial charge in [-0.25, -0.2) is 4.39 Å². The number of nitrogens with one attached hydrogen (secondary N) is 1. The number of halogens is 2. The van der Waals surface area contributed by atoms with Crippen molar-refractivity contribution in [2.45, 2.75) is 20.4 Å². The van der Waals surface area contributed by atoms with Gasteiger partial charge in [-0.3, -0.25) is 4.79 Å². The Hall–Kier alpha value is -1.68. The van der Waals surface area contributed by atoms with E-state index in [0.717, 1.165) is 11.1 Å². The SMILES string of the molecule is Cc1ccc(CNC(=O)c2cc(Br)ccc2F)c(C)c1. The van der Waals surface area contributed by atoms with Crippen molar-refractivity contribution in [3.8, 4) is 0 Å². The van der Waals surface area contributed by atoms with Crippen molar-refractivity contribution in [1.82, 2.24) is 5.32 Å². The molecule has 2 nitrogen and oxygen atoms in total. The van der Waals surface area contributed by atoms with Crippen LogP contribution in [0, 0.1) is 19.7 Å². The zero-order valence-corrected chi connectivity index (χ0v) is 12.9. The van der Waals surface area contributed by atoms with E-state index in [0.29, 0.717) is 11.0 Å². The summed E-state index contributed by atoms with van der Waals surface area (Å²) in [4.78, 5) is 12.0. The number of aryl methyl sites for hydroxylation is 2. The number of carbonyl (C=O) groups excluding carboxylic acids is 1. The van der Waals surface area contributed by atoms with Gasteiger partial charge < -0.3 is 5.32 Å². The summed E-state index contributed by atoms with van der Waals surface area (Å²) in [5.41, 5.74) is 3.36. The van der Waals surface area contributed by atoms with Crippen LogP contribution in [0.3, 0.4) is 0 Å². The number of rotatable bonds is 3. The Bertz CT molecular complexity index is 655. The molecule has 1 amide bonds. The van der Waals surface area contributed by atoms with E-state index in [1.807, 2.05) is 26.0 Å². The van der Waals surface area contributed by atoms with Crippen molar-refractivity contribution in [2.75, 3.05) is 0 Å². The third kappa shape index (κ3) is 3.45. The molecule has 0 aromatic heterocycles. The highest BCUT2D eigenvalue weighted by molar-refractivity contribution is 9.10. The predicted octanol–water partition coefficient (Wildman–Crippen LogP) is 4.14. The van der Waals surface area contributed by atoms with Crippen molar-refractivity contribution < 1.29 is 9.18 Å². The van der Waals surface area contributed by atoms with Gasteiger partial charge in [-0.2, -0.15) is 0 Å². The summed E-state index contributed by atoms with van der Waals surface area (Å²) in [7, 11) is 0. The van der Waals surface area contributed by atoms with Crippen LogP contribution in [-0.4, -0.2) is 5.91 Å². The first-order valence-corrected chi connectivity index (χ1v) is 7.06. The molecule has 0 unspecified atom stereocenters. The lowest BCUT2D eigenvalue weighted by Gasteiger charge is -2.09. The van der Waals surface area contributed by atoms with Crippen LogP contribution in [-0.2, 0) is 6.54 Å². The number of hydrogen-bond donors (Lipinski definition) is 1. The van der Waals surface area contributed by atoms with Crippen LogP contribution in [0.25, 0.3) is 0 Å². The Labute approximate surface area is 126 Å². The number of carbonyl (C=O) groups is 1. The molecule has 4 heteroatoms. The minimum absolute atomic E-state index is 0.0455. The fraction of sp³-hybridized carbons (Fsp3) is 0.188. The molecule has 2 rings (SSSR count). The molecule has 0 saturated carbocycles. The van der Waals surface area contributed by atoms with Crippen molar-refractivity contribution >= 4 is 21.8 Å². The molecule has 0 fully saturated rings. The maximum Gasteiger partial charge on any atom is 0.254 e. The van der Waals surface area contributed by atoms with Gasteiger partial charge in [-0.05, 0) is 43.2 Å². The zero-order chi connectivity index (χ0) is 14.7. The molecule has 2 aromatic carbocycles. The van der Waals surface area contributed by atoms with Crippen LogP contribution in [0.5, 0.6) is 0 Å². The lowest BCUT2D eigenvalue weighted by molar-refractivity contribution is 0.0947. The van der Waals surface area contributed by atoms with Gasteiger partial charge in [0.25, 0.3) is 5.91 Å². The zero-order valence-electron chi connectivity index (χ0n) is 11.3. The molecule has 0 aliphatic carbocycles. The summed E-state index contributed by atoms with van der Waals surface area (Å²) in [6, 6.07) is 10.3. The Morgan fingerprint density at radius 3 is 2.65 bits per heavy atom. The average molecular weight is 336 g/mol. The quantitative estimate of drug-likeness (QED) is 0.897. The first-order valence-electron chi connectivity index (χ1n) is 6.27. The van der Waals surface area contributed by atoms with Gasteiger partial charge in [-0.1, -0.05) is 39.7 Å². The molecule has 0 spiro atoms. The standard InChI is InChI=1S/C16H15BrFNO/c1-10-3-4-12(11(2)7-10)9-19-16(20)14-8-13(17)5-6-15(14)18/h3-8H,9H2,1-2H3,(H,19,20). The molecule has 0 bridgehead atoms. The van der Waals surface area contributed by atoms with E-state index < -0.39 is 11.7 Å². The van der Waals surface area contributed by atoms with Gasteiger partial charge in [0.15, 0.2) is 0 Å². The minimum Gasteiger partial charge on any atom is -0.348 e. The molecule has 0 heterocycles. The first-order chi connectivity index (χ1) is 9.47. The van der Waals surface area contributed by atoms with Gasteiger partial charge in [-0.15, -0.1) is 0 Å². The smallest absolute Gasteiger partial charge is 0.254 e. The maximum atomic E-state index is 13.6. The number of amides is 1. The molecule has 104 valence electrons. The van der Waals surface area contributed by atoms with E-state index in [2.05, 4.69) is 27.3 Å². The summed E-state index contributed by atoms with van der Waals surface area (Å²) < 4.78 is 14.3. The van der Waals surface area contributed by atoms with Gasteiger partial charge in [0, 0.05) is 11.0 Å². The van der Waals surface area contributed by atoms with Crippen LogP contribution in [0.1, 0.15) is 27.0 Å². The van der Waals surface area contributed by atoms with Crippen molar-refractivity contribution in [2.24, 2.45) is 0 Å². The minimum atomic E-state index is -0.522. The summed E-state index contributed by atoms with van der Waals surface area (Å²) >= 11 is 3.23. The molecule has 0 aliphatic heterocycles. The largest absolute Gasteiger partial charge is 0.348 e. The molecule has 0 radical (unpaired) electrons. The van der Waals surface area contributed by atoms with E-state index in [1.165, 1.54) is 17.7 Å². The van der Waals surface area contributed by atoms with E-state index in [1.54, 1.807) is 6.07 Å². The van der Waals surface area contributed by atoms with E-state index in [-0.39, 0.29) is 5.56 Å². The number of hydrogen-bond acceptors (Lipinski definition) is 1. The monoisotopic (exact) mass is 335 g/mol. The summed E-state index contributed by atoms with van der Waals surface area (Å²) in [6.45, 7) is 4.40. The van der Waals surface area contributed by atoms with Crippen LogP contribution in [0.2, 0.25) is 0 Å². The molecule has 2 aromatic rings. The second-order valence-corrected chi connectivity index (χ2v) is 5.65. The van der Waals surface area contributed by atoms with Crippen molar-refractivity contribution in [3.05, 3.63) is 68.9 Å². The topological polar surface area (TPSA) is 29.1 Å². The van der Waals surface area contributed by atoms with Gasteiger partial charge in [0.1, 0.15) is 5.82 Å². The van der Waals surface area contributed by atoms with Gasteiger partial charge in [0.05, 0.1) is 5.56 Å². The normalized spacial score (nSPS) is 10.4. The fourth-order valence-corrected chi connectivity index (χ4v) is 2.35. The highest BCUT2D eigenvalue weighted by Crippen LogP contribution is 2.16. The van der Waals surface area contributed by atoms with Crippen molar-refractivity contribution in [3.63, 3.8) is 0 Å². The van der Waals surface area contributed by atoms with E-state index in [9.17, 15) is 9.18 Å². The Morgan fingerprint density at radius 1 is 1.20 bits per heavy atom. The van der Waals surface area contributed by atoms with Crippen LogP contribution >= 0.6 is 15.9 Å².